The second kappa shape index (κ2) is 3.60. The zero-order chi connectivity index (χ0) is 11.1. The van der Waals surface area contributed by atoms with Crippen molar-refractivity contribution in [3.05, 3.63) is 46.5 Å². The van der Waals surface area contributed by atoms with E-state index in [-0.39, 0.29) is 6.04 Å². The molecule has 16 heavy (non-hydrogen) atoms. The molecule has 0 fully saturated rings. The standard InChI is InChI=1S/C15H17N/c1-10-14(16)9-8-12-7-6-11-4-2-3-5-13(11)15(10)12/h3,5-10,14H,2,4,16H2,1H3. The molecule has 0 amide bonds. The average molecular weight is 211 g/mol. The number of benzene rings is 1. The van der Waals surface area contributed by atoms with Crippen molar-refractivity contribution in [3.8, 4) is 0 Å². The van der Waals surface area contributed by atoms with Crippen LogP contribution in [0.2, 0.25) is 0 Å². The van der Waals surface area contributed by atoms with Crippen LogP contribution in [0.15, 0.2) is 24.3 Å². The van der Waals surface area contributed by atoms with Gasteiger partial charge in [0.05, 0.1) is 0 Å². The molecule has 2 atom stereocenters. The average Bonchev–Trinajstić information content (AvgIpc) is 2.33. The highest BCUT2D eigenvalue weighted by molar-refractivity contribution is 5.70. The summed E-state index contributed by atoms with van der Waals surface area (Å²) in [5.74, 6) is 0.428. The van der Waals surface area contributed by atoms with E-state index in [0.29, 0.717) is 5.92 Å². The molecule has 2 aliphatic rings. The summed E-state index contributed by atoms with van der Waals surface area (Å²) < 4.78 is 0. The van der Waals surface area contributed by atoms with E-state index in [4.69, 9.17) is 5.73 Å². The van der Waals surface area contributed by atoms with Crippen molar-refractivity contribution in [1.82, 2.24) is 0 Å². The van der Waals surface area contributed by atoms with Gasteiger partial charge in [-0.15, -0.1) is 0 Å². The summed E-state index contributed by atoms with van der Waals surface area (Å²) in [7, 11) is 0. The van der Waals surface area contributed by atoms with E-state index < -0.39 is 0 Å². The maximum Gasteiger partial charge on any atom is 0.0294 e. The number of allylic oxidation sites excluding steroid dienone is 1. The van der Waals surface area contributed by atoms with Gasteiger partial charge in [-0.05, 0) is 35.1 Å². The van der Waals surface area contributed by atoms with Gasteiger partial charge in [0, 0.05) is 12.0 Å². The van der Waals surface area contributed by atoms with Crippen molar-refractivity contribution in [3.63, 3.8) is 0 Å². The van der Waals surface area contributed by atoms with Gasteiger partial charge >= 0.3 is 0 Å². The van der Waals surface area contributed by atoms with Gasteiger partial charge in [0.25, 0.3) is 0 Å². The number of nitrogens with two attached hydrogens (primary N) is 1. The Morgan fingerprint density at radius 1 is 1.25 bits per heavy atom. The normalized spacial score (nSPS) is 26.4. The molecule has 1 aromatic rings. The quantitative estimate of drug-likeness (QED) is 0.701. The first-order valence-electron chi connectivity index (χ1n) is 6.03. The third-order valence-electron chi connectivity index (χ3n) is 3.81. The van der Waals surface area contributed by atoms with Gasteiger partial charge in [-0.1, -0.05) is 43.4 Å². The first kappa shape index (κ1) is 9.86. The van der Waals surface area contributed by atoms with Crippen molar-refractivity contribution in [1.29, 1.82) is 0 Å². The van der Waals surface area contributed by atoms with Crippen molar-refractivity contribution in [2.24, 2.45) is 5.73 Å². The monoisotopic (exact) mass is 211 g/mol. The molecular weight excluding hydrogens is 194 g/mol. The number of hydrogen-bond donors (Lipinski definition) is 1. The van der Waals surface area contributed by atoms with Crippen LogP contribution in [0.5, 0.6) is 0 Å². The molecule has 2 aliphatic carbocycles. The van der Waals surface area contributed by atoms with Crippen molar-refractivity contribution in [2.45, 2.75) is 31.7 Å². The van der Waals surface area contributed by atoms with Crippen LogP contribution in [0.1, 0.15) is 41.5 Å². The van der Waals surface area contributed by atoms with Crippen LogP contribution in [-0.4, -0.2) is 6.04 Å². The van der Waals surface area contributed by atoms with Crippen LogP contribution in [0, 0.1) is 0 Å². The first-order valence-corrected chi connectivity index (χ1v) is 6.03. The molecule has 0 aromatic heterocycles. The summed E-state index contributed by atoms with van der Waals surface area (Å²) in [5.41, 5.74) is 11.8. The molecule has 0 radical (unpaired) electrons. The lowest BCUT2D eigenvalue weighted by atomic mass is 9.79. The Hall–Kier alpha value is -1.34. The zero-order valence-electron chi connectivity index (χ0n) is 9.61. The molecule has 0 bridgehead atoms. The zero-order valence-corrected chi connectivity index (χ0v) is 9.61. The summed E-state index contributed by atoms with van der Waals surface area (Å²) in [6.07, 6.45) is 11.2. The number of rotatable bonds is 0. The van der Waals surface area contributed by atoms with Crippen LogP contribution >= 0.6 is 0 Å². The summed E-state index contributed by atoms with van der Waals surface area (Å²) in [4.78, 5) is 0. The van der Waals surface area contributed by atoms with Crippen molar-refractivity contribution < 1.29 is 0 Å². The molecule has 0 saturated carbocycles. The molecule has 3 rings (SSSR count). The maximum atomic E-state index is 6.12. The van der Waals surface area contributed by atoms with Crippen LogP contribution in [-0.2, 0) is 6.42 Å². The summed E-state index contributed by atoms with van der Waals surface area (Å²) in [5, 5.41) is 0. The molecule has 1 heteroatoms. The topological polar surface area (TPSA) is 26.0 Å². The lowest BCUT2D eigenvalue weighted by molar-refractivity contribution is 0.654. The van der Waals surface area contributed by atoms with Crippen LogP contribution in [0.4, 0.5) is 0 Å². The predicted octanol–water partition coefficient (Wildman–Crippen LogP) is 3.10. The SMILES string of the molecule is CC1c2c(ccc3c2C=CCC3)C=CC1N. The van der Waals surface area contributed by atoms with Gasteiger partial charge in [0.2, 0.25) is 0 Å². The second-order valence-electron chi connectivity index (χ2n) is 4.81. The summed E-state index contributed by atoms with van der Waals surface area (Å²) >= 11 is 0. The Bertz CT molecular complexity index is 482. The van der Waals surface area contributed by atoms with Gasteiger partial charge in [0.1, 0.15) is 0 Å². The Morgan fingerprint density at radius 2 is 2.12 bits per heavy atom. The van der Waals surface area contributed by atoms with E-state index in [1.165, 1.54) is 35.1 Å². The predicted molar refractivity (Wildman–Crippen MR) is 69.2 cm³/mol. The molecular formula is C15H17N. The molecule has 2 N–H and O–H groups in total. The molecule has 0 heterocycles. The Kier molecular flexibility index (Phi) is 2.22. The fourth-order valence-electron chi connectivity index (χ4n) is 2.78. The third-order valence-corrected chi connectivity index (χ3v) is 3.81. The highest BCUT2D eigenvalue weighted by Crippen LogP contribution is 2.35. The van der Waals surface area contributed by atoms with Crippen LogP contribution in [0.3, 0.4) is 0 Å². The summed E-state index contributed by atoms with van der Waals surface area (Å²) in [6, 6.07) is 4.67. The molecule has 82 valence electrons. The Morgan fingerprint density at radius 3 is 3.00 bits per heavy atom. The molecule has 0 saturated heterocycles. The molecule has 1 aromatic carbocycles. The first-order chi connectivity index (χ1) is 7.77. The smallest absolute Gasteiger partial charge is 0.0294 e. The van der Waals surface area contributed by atoms with E-state index in [1.54, 1.807) is 0 Å². The molecule has 0 aliphatic heterocycles. The van der Waals surface area contributed by atoms with E-state index in [9.17, 15) is 0 Å². The number of fused-ring (bicyclic) bond motifs is 3. The second-order valence-corrected chi connectivity index (χ2v) is 4.81. The maximum absolute atomic E-state index is 6.12. The van der Waals surface area contributed by atoms with Crippen molar-refractivity contribution in [2.75, 3.05) is 0 Å². The molecule has 0 spiro atoms. The third kappa shape index (κ3) is 1.35. The van der Waals surface area contributed by atoms with Gasteiger partial charge in [-0.3, -0.25) is 0 Å². The van der Waals surface area contributed by atoms with Gasteiger partial charge in [-0.25, -0.2) is 0 Å². The van der Waals surface area contributed by atoms with E-state index in [2.05, 4.69) is 43.4 Å². The largest absolute Gasteiger partial charge is 0.324 e. The Balaban J connectivity index is 2.24. The van der Waals surface area contributed by atoms with E-state index >= 15 is 0 Å². The van der Waals surface area contributed by atoms with E-state index in [1.807, 2.05) is 0 Å². The summed E-state index contributed by atoms with van der Waals surface area (Å²) in [6.45, 7) is 2.23. The molecule has 1 nitrogen and oxygen atoms in total. The van der Waals surface area contributed by atoms with E-state index in [0.717, 1.165) is 0 Å². The number of aryl methyl sites for hydroxylation is 1. The minimum absolute atomic E-state index is 0.161. The lowest BCUT2D eigenvalue weighted by Gasteiger charge is -2.28. The van der Waals surface area contributed by atoms with Gasteiger partial charge < -0.3 is 5.73 Å². The van der Waals surface area contributed by atoms with Crippen molar-refractivity contribution >= 4 is 12.2 Å². The Labute approximate surface area is 96.7 Å². The lowest BCUT2D eigenvalue weighted by Crippen LogP contribution is -2.27. The van der Waals surface area contributed by atoms with Crippen LogP contribution in [0.25, 0.3) is 12.2 Å². The van der Waals surface area contributed by atoms with Crippen LogP contribution < -0.4 is 5.73 Å². The fraction of sp³-hybridized carbons (Fsp3) is 0.333. The minimum Gasteiger partial charge on any atom is -0.324 e. The minimum atomic E-state index is 0.161. The van der Waals surface area contributed by atoms with Gasteiger partial charge in [0.15, 0.2) is 0 Å². The number of hydrogen-bond acceptors (Lipinski definition) is 1. The highest BCUT2D eigenvalue weighted by Gasteiger charge is 2.23. The highest BCUT2D eigenvalue weighted by atomic mass is 14.6. The molecule has 2 unspecified atom stereocenters. The van der Waals surface area contributed by atoms with Gasteiger partial charge in [-0.2, -0.15) is 0 Å². The fourth-order valence-corrected chi connectivity index (χ4v) is 2.78.